The highest BCUT2D eigenvalue weighted by molar-refractivity contribution is 9.10. The maximum absolute atomic E-state index is 11.6. The van der Waals surface area contributed by atoms with Crippen molar-refractivity contribution in [1.29, 1.82) is 0 Å². The summed E-state index contributed by atoms with van der Waals surface area (Å²) in [6, 6.07) is 5.56. The van der Waals surface area contributed by atoms with Crippen molar-refractivity contribution in [3.8, 4) is 5.75 Å². The van der Waals surface area contributed by atoms with E-state index in [0.717, 1.165) is 22.3 Å². The van der Waals surface area contributed by atoms with Crippen LogP contribution in [0.1, 0.15) is 6.42 Å². The van der Waals surface area contributed by atoms with Crippen molar-refractivity contribution in [2.75, 3.05) is 39.2 Å². The first-order chi connectivity index (χ1) is 9.17. The Labute approximate surface area is 121 Å². The number of hydrogen-bond donors (Lipinski definition) is 2. The van der Waals surface area contributed by atoms with Crippen LogP contribution in [0, 0.1) is 0 Å². The van der Waals surface area contributed by atoms with Crippen LogP contribution >= 0.6 is 15.9 Å². The first-order valence-corrected chi connectivity index (χ1v) is 6.79. The van der Waals surface area contributed by atoms with E-state index in [4.69, 9.17) is 9.47 Å². The summed E-state index contributed by atoms with van der Waals surface area (Å²) in [5.41, 5.74) is 0.825. The van der Waals surface area contributed by atoms with Gasteiger partial charge in [-0.15, -0.1) is 0 Å². The summed E-state index contributed by atoms with van der Waals surface area (Å²) >= 11 is 3.42. The number of anilines is 1. The molecule has 2 N–H and O–H groups in total. The molecule has 0 fully saturated rings. The number of amides is 1. The molecule has 0 aliphatic carbocycles. The van der Waals surface area contributed by atoms with Gasteiger partial charge in [0.2, 0.25) is 5.91 Å². The van der Waals surface area contributed by atoms with Gasteiger partial charge in [0.25, 0.3) is 0 Å². The molecule has 0 saturated heterocycles. The predicted octanol–water partition coefficient (Wildman–Crippen LogP) is 2.02. The van der Waals surface area contributed by atoms with E-state index in [1.54, 1.807) is 14.2 Å². The SMILES string of the molecule is COCCCNC(=O)CNc1cc(OC)ccc1Br. The smallest absolute Gasteiger partial charge is 0.239 e. The Morgan fingerprint density at radius 3 is 2.84 bits per heavy atom. The third-order valence-electron chi connectivity index (χ3n) is 2.46. The second-order valence-electron chi connectivity index (χ2n) is 3.90. The lowest BCUT2D eigenvalue weighted by Gasteiger charge is -2.10. The molecule has 1 aromatic carbocycles. The summed E-state index contributed by atoms with van der Waals surface area (Å²) in [6.07, 6.45) is 0.811. The van der Waals surface area contributed by atoms with Gasteiger partial charge in [-0.2, -0.15) is 0 Å². The summed E-state index contributed by atoms with van der Waals surface area (Å²) in [7, 11) is 3.25. The van der Waals surface area contributed by atoms with Gasteiger partial charge in [0.05, 0.1) is 19.3 Å². The van der Waals surface area contributed by atoms with E-state index >= 15 is 0 Å². The number of benzene rings is 1. The second kappa shape index (κ2) is 8.77. The molecule has 5 nitrogen and oxygen atoms in total. The molecule has 0 spiro atoms. The van der Waals surface area contributed by atoms with Gasteiger partial charge in [-0.05, 0) is 34.5 Å². The molecule has 0 atom stereocenters. The van der Waals surface area contributed by atoms with Gasteiger partial charge in [0.1, 0.15) is 5.75 Å². The predicted molar refractivity (Wildman–Crippen MR) is 78.7 cm³/mol. The highest BCUT2D eigenvalue weighted by atomic mass is 79.9. The molecule has 0 heterocycles. The Hall–Kier alpha value is -1.27. The number of hydrogen-bond acceptors (Lipinski definition) is 4. The Bertz CT molecular complexity index is 413. The maximum Gasteiger partial charge on any atom is 0.239 e. The van der Waals surface area contributed by atoms with E-state index in [1.807, 2.05) is 18.2 Å². The number of rotatable bonds is 8. The molecule has 106 valence electrons. The van der Waals surface area contributed by atoms with Crippen LogP contribution in [-0.4, -0.2) is 39.8 Å². The minimum absolute atomic E-state index is 0.0502. The Balaban J connectivity index is 2.37. The van der Waals surface area contributed by atoms with Crippen molar-refractivity contribution in [3.63, 3.8) is 0 Å². The molecular formula is C13H19BrN2O3. The number of carbonyl (C=O) groups excluding carboxylic acids is 1. The van der Waals surface area contributed by atoms with Crippen LogP contribution in [-0.2, 0) is 9.53 Å². The van der Waals surface area contributed by atoms with Crippen LogP contribution in [0.5, 0.6) is 5.75 Å². The summed E-state index contributed by atoms with van der Waals surface area (Å²) < 4.78 is 10.9. The van der Waals surface area contributed by atoms with Crippen molar-refractivity contribution < 1.29 is 14.3 Å². The van der Waals surface area contributed by atoms with E-state index in [1.165, 1.54) is 0 Å². The molecule has 19 heavy (non-hydrogen) atoms. The van der Waals surface area contributed by atoms with Gasteiger partial charge in [-0.25, -0.2) is 0 Å². The third kappa shape index (κ3) is 5.94. The van der Waals surface area contributed by atoms with Gasteiger partial charge < -0.3 is 20.1 Å². The van der Waals surface area contributed by atoms with E-state index in [0.29, 0.717) is 13.2 Å². The van der Waals surface area contributed by atoms with E-state index < -0.39 is 0 Å². The lowest BCUT2D eigenvalue weighted by atomic mass is 10.3. The van der Waals surface area contributed by atoms with Crippen LogP contribution in [0.25, 0.3) is 0 Å². The molecule has 0 aromatic heterocycles. The van der Waals surface area contributed by atoms with Crippen molar-refractivity contribution >= 4 is 27.5 Å². The molecule has 0 saturated carbocycles. The van der Waals surface area contributed by atoms with Crippen LogP contribution < -0.4 is 15.4 Å². The molecular weight excluding hydrogens is 312 g/mol. The number of halogens is 1. The van der Waals surface area contributed by atoms with Crippen molar-refractivity contribution in [2.24, 2.45) is 0 Å². The zero-order chi connectivity index (χ0) is 14.1. The molecule has 1 amide bonds. The quantitative estimate of drug-likeness (QED) is 0.716. The highest BCUT2D eigenvalue weighted by Crippen LogP contribution is 2.26. The Morgan fingerprint density at radius 2 is 2.16 bits per heavy atom. The van der Waals surface area contributed by atoms with E-state index in [9.17, 15) is 4.79 Å². The molecule has 1 aromatic rings. The largest absolute Gasteiger partial charge is 0.497 e. The number of ether oxygens (including phenoxy) is 2. The van der Waals surface area contributed by atoms with Crippen molar-refractivity contribution in [1.82, 2.24) is 5.32 Å². The Kier molecular flexibility index (Phi) is 7.28. The Morgan fingerprint density at radius 1 is 1.37 bits per heavy atom. The normalized spacial score (nSPS) is 10.1. The molecule has 1 rings (SSSR count). The van der Waals surface area contributed by atoms with Crippen LogP contribution in [0.2, 0.25) is 0 Å². The first kappa shape index (κ1) is 15.8. The van der Waals surface area contributed by atoms with Crippen LogP contribution in [0.3, 0.4) is 0 Å². The zero-order valence-electron chi connectivity index (χ0n) is 11.2. The standard InChI is InChI=1S/C13H19BrN2O3/c1-18-7-3-6-15-13(17)9-16-12-8-10(19-2)4-5-11(12)14/h4-5,8,16H,3,6-7,9H2,1-2H3,(H,15,17). The molecule has 0 aliphatic rings. The summed E-state index contributed by atoms with van der Waals surface area (Å²) in [5, 5.41) is 5.87. The van der Waals surface area contributed by atoms with Gasteiger partial charge in [-0.1, -0.05) is 0 Å². The average Bonchev–Trinajstić information content (AvgIpc) is 2.43. The van der Waals surface area contributed by atoms with E-state index in [-0.39, 0.29) is 12.5 Å². The minimum atomic E-state index is -0.0502. The lowest BCUT2D eigenvalue weighted by Crippen LogP contribution is -2.31. The second-order valence-corrected chi connectivity index (χ2v) is 4.75. The fourth-order valence-electron chi connectivity index (χ4n) is 1.45. The minimum Gasteiger partial charge on any atom is -0.497 e. The average molecular weight is 331 g/mol. The van der Waals surface area contributed by atoms with Gasteiger partial charge in [0, 0.05) is 30.8 Å². The van der Waals surface area contributed by atoms with Crippen molar-refractivity contribution in [2.45, 2.75) is 6.42 Å². The zero-order valence-corrected chi connectivity index (χ0v) is 12.7. The van der Waals surface area contributed by atoms with Gasteiger partial charge in [0.15, 0.2) is 0 Å². The number of nitrogens with one attached hydrogen (secondary N) is 2. The van der Waals surface area contributed by atoms with Crippen molar-refractivity contribution in [3.05, 3.63) is 22.7 Å². The van der Waals surface area contributed by atoms with E-state index in [2.05, 4.69) is 26.6 Å². The van der Waals surface area contributed by atoms with Crippen LogP contribution in [0.15, 0.2) is 22.7 Å². The fourth-order valence-corrected chi connectivity index (χ4v) is 1.84. The number of methoxy groups -OCH3 is 2. The third-order valence-corrected chi connectivity index (χ3v) is 3.15. The van der Waals surface area contributed by atoms with Gasteiger partial charge >= 0.3 is 0 Å². The first-order valence-electron chi connectivity index (χ1n) is 6.00. The monoisotopic (exact) mass is 330 g/mol. The fraction of sp³-hybridized carbons (Fsp3) is 0.462. The molecule has 0 unspecified atom stereocenters. The van der Waals surface area contributed by atoms with Crippen LogP contribution in [0.4, 0.5) is 5.69 Å². The topological polar surface area (TPSA) is 59.6 Å². The summed E-state index contributed by atoms with van der Waals surface area (Å²) in [4.78, 5) is 11.6. The lowest BCUT2D eigenvalue weighted by molar-refractivity contribution is -0.119. The maximum atomic E-state index is 11.6. The highest BCUT2D eigenvalue weighted by Gasteiger charge is 2.04. The number of carbonyl (C=O) groups is 1. The molecule has 0 bridgehead atoms. The molecule has 6 heteroatoms. The summed E-state index contributed by atoms with van der Waals surface area (Å²) in [5.74, 6) is 0.692. The molecule has 0 aliphatic heterocycles. The molecule has 0 radical (unpaired) electrons. The summed E-state index contributed by atoms with van der Waals surface area (Å²) in [6.45, 7) is 1.49. The van der Waals surface area contributed by atoms with Gasteiger partial charge in [-0.3, -0.25) is 4.79 Å².